The molecule has 0 saturated carbocycles. The summed E-state index contributed by atoms with van der Waals surface area (Å²) in [4.78, 5) is 18.1. The minimum atomic E-state index is -0.132. The topological polar surface area (TPSA) is 60.9 Å². The summed E-state index contributed by atoms with van der Waals surface area (Å²) in [5, 5.41) is 0. The van der Waals surface area contributed by atoms with Gasteiger partial charge in [-0.2, -0.15) is 0 Å². The van der Waals surface area contributed by atoms with Gasteiger partial charge >= 0.3 is 0 Å². The van der Waals surface area contributed by atoms with E-state index in [-0.39, 0.29) is 5.56 Å². The second kappa shape index (κ2) is 6.72. The SMILES string of the molecule is Cc1ccc(N)c(-c2nc3cc(C)ccc3n(Cc3ccccc3)c2=O)c1. The summed E-state index contributed by atoms with van der Waals surface area (Å²) in [6.45, 7) is 4.49. The molecule has 1 aromatic heterocycles. The van der Waals surface area contributed by atoms with Gasteiger partial charge in [-0.3, -0.25) is 4.79 Å². The zero-order chi connectivity index (χ0) is 19.0. The van der Waals surface area contributed by atoms with Crippen LogP contribution in [0.4, 0.5) is 5.69 Å². The van der Waals surface area contributed by atoms with Crippen LogP contribution in [0.3, 0.4) is 0 Å². The number of rotatable bonds is 3. The Morgan fingerprint density at radius 1 is 0.926 bits per heavy atom. The number of nitrogen functional groups attached to an aromatic ring is 1. The van der Waals surface area contributed by atoms with E-state index in [1.54, 1.807) is 4.57 Å². The lowest BCUT2D eigenvalue weighted by Gasteiger charge is -2.14. The average Bonchev–Trinajstić information content (AvgIpc) is 2.66. The summed E-state index contributed by atoms with van der Waals surface area (Å²) >= 11 is 0. The molecule has 1 heterocycles. The quantitative estimate of drug-likeness (QED) is 0.557. The molecule has 0 aliphatic heterocycles. The van der Waals surface area contributed by atoms with E-state index in [1.807, 2.05) is 80.6 Å². The third kappa shape index (κ3) is 3.22. The van der Waals surface area contributed by atoms with Crippen molar-refractivity contribution in [1.82, 2.24) is 9.55 Å². The van der Waals surface area contributed by atoms with Crippen molar-refractivity contribution in [3.63, 3.8) is 0 Å². The standard InChI is InChI=1S/C23H21N3O/c1-15-8-10-19(24)18(12-15)22-23(27)26(14-17-6-4-3-5-7-17)21-11-9-16(2)13-20(21)25-22/h3-13H,14,24H2,1-2H3. The molecule has 0 saturated heterocycles. The molecule has 0 aliphatic carbocycles. The number of nitrogens with zero attached hydrogens (tertiary/aromatic N) is 2. The molecule has 4 aromatic rings. The van der Waals surface area contributed by atoms with Gasteiger partial charge in [0.1, 0.15) is 5.69 Å². The number of aromatic nitrogens is 2. The minimum Gasteiger partial charge on any atom is -0.398 e. The first kappa shape index (κ1) is 17.0. The third-order valence-electron chi connectivity index (χ3n) is 4.75. The maximum Gasteiger partial charge on any atom is 0.277 e. The molecule has 0 bridgehead atoms. The Morgan fingerprint density at radius 3 is 2.41 bits per heavy atom. The van der Waals surface area contributed by atoms with Crippen molar-refractivity contribution >= 4 is 16.7 Å². The van der Waals surface area contributed by atoms with E-state index in [9.17, 15) is 4.79 Å². The van der Waals surface area contributed by atoms with Crippen molar-refractivity contribution in [2.75, 3.05) is 5.73 Å². The summed E-state index contributed by atoms with van der Waals surface area (Å²) in [6, 6.07) is 21.6. The number of hydrogen-bond donors (Lipinski definition) is 1. The van der Waals surface area contributed by atoms with E-state index in [0.717, 1.165) is 27.7 Å². The third-order valence-corrected chi connectivity index (χ3v) is 4.75. The van der Waals surface area contributed by atoms with E-state index in [0.29, 0.717) is 23.5 Å². The lowest BCUT2D eigenvalue weighted by atomic mass is 10.1. The van der Waals surface area contributed by atoms with Gasteiger partial charge in [-0.1, -0.05) is 48.0 Å². The highest BCUT2D eigenvalue weighted by Gasteiger charge is 2.15. The van der Waals surface area contributed by atoms with Gasteiger partial charge in [0.15, 0.2) is 0 Å². The van der Waals surface area contributed by atoms with E-state index < -0.39 is 0 Å². The second-order valence-corrected chi connectivity index (χ2v) is 6.92. The van der Waals surface area contributed by atoms with Crippen LogP contribution in [0.5, 0.6) is 0 Å². The van der Waals surface area contributed by atoms with Crippen LogP contribution in [-0.2, 0) is 6.54 Å². The first-order valence-electron chi connectivity index (χ1n) is 8.94. The van der Waals surface area contributed by atoms with Crippen LogP contribution < -0.4 is 11.3 Å². The molecule has 0 spiro atoms. The molecule has 4 heteroatoms. The van der Waals surface area contributed by atoms with Gasteiger partial charge in [0.25, 0.3) is 5.56 Å². The van der Waals surface area contributed by atoms with Gasteiger partial charge in [0, 0.05) is 11.3 Å². The largest absolute Gasteiger partial charge is 0.398 e. The molecule has 0 aliphatic rings. The zero-order valence-electron chi connectivity index (χ0n) is 15.4. The van der Waals surface area contributed by atoms with Crippen molar-refractivity contribution in [3.8, 4) is 11.3 Å². The molecular weight excluding hydrogens is 334 g/mol. The normalized spacial score (nSPS) is 11.0. The molecule has 4 nitrogen and oxygen atoms in total. The Bertz CT molecular complexity index is 1190. The average molecular weight is 355 g/mol. The Morgan fingerprint density at radius 2 is 1.63 bits per heavy atom. The van der Waals surface area contributed by atoms with Crippen LogP contribution in [0.1, 0.15) is 16.7 Å². The van der Waals surface area contributed by atoms with Crippen molar-refractivity contribution in [2.24, 2.45) is 0 Å². The number of hydrogen-bond acceptors (Lipinski definition) is 3. The lowest BCUT2D eigenvalue weighted by molar-refractivity contribution is 0.789. The Balaban J connectivity index is 2.02. The first-order chi connectivity index (χ1) is 13.0. The molecule has 3 aromatic carbocycles. The summed E-state index contributed by atoms with van der Waals surface area (Å²) in [5.41, 5.74) is 12.5. The van der Waals surface area contributed by atoms with Crippen molar-refractivity contribution in [1.29, 1.82) is 0 Å². The highest BCUT2D eigenvalue weighted by Crippen LogP contribution is 2.25. The Kier molecular flexibility index (Phi) is 4.24. The van der Waals surface area contributed by atoms with Crippen molar-refractivity contribution in [2.45, 2.75) is 20.4 Å². The number of benzene rings is 3. The van der Waals surface area contributed by atoms with Gasteiger partial charge in [0.05, 0.1) is 17.6 Å². The molecule has 4 rings (SSSR count). The number of fused-ring (bicyclic) bond motifs is 1. The van der Waals surface area contributed by atoms with E-state index in [2.05, 4.69) is 0 Å². The van der Waals surface area contributed by atoms with Crippen LogP contribution >= 0.6 is 0 Å². The second-order valence-electron chi connectivity index (χ2n) is 6.92. The van der Waals surface area contributed by atoms with Crippen molar-refractivity contribution in [3.05, 3.63) is 93.8 Å². The predicted molar refractivity (Wildman–Crippen MR) is 111 cm³/mol. The fourth-order valence-electron chi connectivity index (χ4n) is 3.33. The minimum absolute atomic E-state index is 0.132. The lowest BCUT2D eigenvalue weighted by Crippen LogP contribution is -2.24. The number of nitrogens with two attached hydrogens (primary N) is 1. The van der Waals surface area contributed by atoms with E-state index in [1.165, 1.54) is 0 Å². The molecule has 0 radical (unpaired) electrons. The molecule has 0 unspecified atom stereocenters. The van der Waals surface area contributed by atoms with Gasteiger partial charge in [0.2, 0.25) is 0 Å². The molecule has 0 fully saturated rings. The van der Waals surface area contributed by atoms with Gasteiger partial charge in [-0.15, -0.1) is 0 Å². The maximum absolute atomic E-state index is 13.4. The number of anilines is 1. The molecule has 27 heavy (non-hydrogen) atoms. The first-order valence-corrected chi connectivity index (χ1v) is 8.94. The highest BCUT2D eigenvalue weighted by atomic mass is 16.1. The molecule has 0 atom stereocenters. The van der Waals surface area contributed by atoms with Crippen LogP contribution in [0, 0.1) is 13.8 Å². The summed E-state index contributed by atoms with van der Waals surface area (Å²) in [5.74, 6) is 0. The summed E-state index contributed by atoms with van der Waals surface area (Å²) in [6.07, 6.45) is 0. The monoisotopic (exact) mass is 355 g/mol. The fourth-order valence-corrected chi connectivity index (χ4v) is 3.33. The predicted octanol–water partition coefficient (Wildman–Crippen LogP) is 4.31. The molecular formula is C23H21N3O. The fraction of sp³-hybridized carbons (Fsp3) is 0.130. The van der Waals surface area contributed by atoms with Gasteiger partial charge in [-0.05, 0) is 49.2 Å². The highest BCUT2D eigenvalue weighted by molar-refractivity contribution is 5.81. The van der Waals surface area contributed by atoms with Crippen LogP contribution in [0.2, 0.25) is 0 Å². The summed E-state index contributed by atoms with van der Waals surface area (Å²) in [7, 11) is 0. The molecule has 0 amide bonds. The Labute approximate surface area is 157 Å². The molecule has 2 N–H and O–H groups in total. The maximum atomic E-state index is 13.4. The van der Waals surface area contributed by atoms with Crippen LogP contribution in [0.15, 0.2) is 71.5 Å². The summed E-state index contributed by atoms with van der Waals surface area (Å²) < 4.78 is 1.79. The Hall–Kier alpha value is -3.40. The van der Waals surface area contributed by atoms with Crippen molar-refractivity contribution < 1.29 is 0 Å². The number of aryl methyl sites for hydroxylation is 2. The van der Waals surface area contributed by atoms with Crippen LogP contribution in [0.25, 0.3) is 22.3 Å². The van der Waals surface area contributed by atoms with E-state index in [4.69, 9.17) is 10.7 Å². The smallest absolute Gasteiger partial charge is 0.277 e. The van der Waals surface area contributed by atoms with Crippen LogP contribution in [-0.4, -0.2) is 9.55 Å². The molecule has 134 valence electrons. The van der Waals surface area contributed by atoms with Gasteiger partial charge in [-0.25, -0.2) is 4.98 Å². The van der Waals surface area contributed by atoms with Gasteiger partial charge < -0.3 is 10.3 Å². The zero-order valence-corrected chi connectivity index (χ0v) is 15.4. The van der Waals surface area contributed by atoms with E-state index >= 15 is 0 Å².